The molecular formula is C13H19Cl2F3N2O. The van der Waals surface area contributed by atoms with Gasteiger partial charge < -0.3 is 16.6 Å². The molecule has 0 aromatic heterocycles. The van der Waals surface area contributed by atoms with Crippen LogP contribution in [0.2, 0.25) is 0 Å². The molecule has 21 heavy (non-hydrogen) atoms. The van der Waals surface area contributed by atoms with Gasteiger partial charge in [-0.3, -0.25) is 0 Å². The summed E-state index contributed by atoms with van der Waals surface area (Å²) < 4.78 is 38.0. The van der Waals surface area contributed by atoms with Gasteiger partial charge in [-0.1, -0.05) is 12.1 Å². The van der Waals surface area contributed by atoms with Gasteiger partial charge in [-0.2, -0.15) is 13.2 Å². The third kappa shape index (κ3) is 4.47. The fourth-order valence-electron chi connectivity index (χ4n) is 2.51. The summed E-state index contributed by atoms with van der Waals surface area (Å²) in [6, 6.07) is 4.15. The number of nitrogens with two attached hydrogens (primary N) is 2. The van der Waals surface area contributed by atoms with Crippen LogP contribution in [-0.4, -0.2) is 17.2 Å². The summed E-state index contributed by atoms with van der Waals surface area (Å²) in [6.45, 7) is 0. The second-order valence-corrected chi connectivity index (χ2v) is 5.18. The van der Waals surface area contributed by atoms with Crippen molar-refractivity contribution < 1.29 is 18.3 Å². The van der Waals surface area contributed by atoms with Gasteiger partial charge in [0.15, 0.2) is 0 Å². The van der Waals surface area contributed by atoms with Crippen molar-refractivity contribution in [1.29, 1.82) is 0 Å². The SMILES string of the molecule is Cl.Cl.NC1CCC(O)(c2cccc(C(F)(F)F)c2)CC1N. The molecule has 0 saturated heterocycles. The molecule has 0 bridgehead atoms. The molecule has 3 unspecified atom stereocenters. The average molecular weight is 347 g/mol. The highest BCUT2D eigenvalue weighted by atomic mass is 35.5. The van der Waals surface area contributed by atoms with Crippen molar-refractivity contribution in [3.63, 3.8) is 0 Å². The standard InChI is InChI=1S/C13H17F3N2O.2ClH/c14-13(15,16)9-3-1-2-8(6-9)12(19)5-4-10(17)11(18)7-12;;/h1-3,6,10-11,19H,4-5,7,17-18H2;2*1H. The smallest absolute Gasteiger partial charge is 0.385 e. The molecule has 1 aromatic carbocycles. The number of aliphatic hydroxyl groups is 1. The highest BCUT2D eigenvalue weighted by Gasteiger charge is 2.39. The van der Waals surface area contributed by atoms with Gasteiger partial charge >= 0.3 is 6.18 Å². The van der Waals surface area contributed by atoms with Crippen LogP contribution in [0.1, 0.15) is 30.4 Å². The lowest BCUT2D eigenvalue weighted by Gasteiger charge is -2.39. The third-order valence-electron chi connectivity index (χ3n) is 3.74. The Morgan fingerprint density at radius 2 is 1.76 bits per heavy atom. The van der Waals surface area contributed by atoms with E-state index in [1.54, 1.807) is 0 Å². The molecule has 0 aliphatic heterocycles. The topological polar surface area (TPSA) is 72.3 Å². The molecule has 8 heteroatoms. The summed E-state index contributed by atoms with van der Waals surface area (Å²) in [4.78, 5) is 0. The number of benzene rings is 1. The Morgan fingerprint density at radius 1 is 1.14 bits per heavy atom. The van der Waals surface area contributed by atoms with Gasteiger partial charge in [0.1, 0.15) is 0 Å². The first-order valence-electron chi connectivity index (χ1n) is 6.14. The highest BCUT2D eigenvalue weighted by Crippen LogP contribution is 2.38. The highest BCUT2D eigenvalue weighted by molar-refractivity contribution is 5.85. The summed E-state index contributed by atoms with van der Waals surface area (Å²) in [7, 11) is 0. The first kappa shape index (κ1) is 20.5. The third-order valence-corrected chi connectivity index (χ3v) is 3.74. The molecule has 0 spiro atoms. The van der Waals surface area contributed by atoms with Crippen molar-refractivity contribution >= 4 is 24.8 Å². The Morgan fingerprint density at radius 3 is 2.29 bits per heavy atom. The number of halogens is 5. The fourth-order valence-corrected chi connectivity index (χ4v) is 2.51. The fraction of sp³-hybridized carbons (Fsp3) is 0.538. The van der Waals surface area contributed by atoms with Crippen LogP contribution in [-0.2, 0) is 11.8 Å². The zero-order chi connectivity index (χ0) is 14.3. The van der Waals surface area contributed by atoms with E-state index in [1.165, 1.54) is 12.1 Å². The van der Waals surface area contributed by atoms with Crippen molar-refractivity contribution in [1.82, 2.24) is 0 Å². The van der Waals surface area contributed by atoms with Crippen molar-refractivity contribution in [2.45, 2.75) is 43.1 Å². The molecule has 5 N–H and O–H groups in total. The molecule has 1 saturated carbocycles. The number of hydrogen-bond donors (Lipinski definition) is 3. The molecule has 3 atom stereocenters. The monoisotopic (exact) mass is 346 g/mol. The maximum Gasteiger partial charge on any atom is 0.416 e. The molecule has 0 amide bonds. The van der Waals surface area contributed by atoms with Crippen molar-refractivity contribution in [2.75, 3.05) is 0 Å². The summed E-state index contributed by atoms with van der Waals surface area (Å²) in [5, 5.41) is 10.5. The van der Waals surface area contributed by atoms with E-state index in [-0.39, 0.29) is 42.8 Å². The normalized spacial score (nSPS) is 29.2. The largest absolute Gasteiger partial charge is 0.416 e. The molecule has 1 aliphatic carbocycles. The van der Waals surface area contributed by atoms with E-state index in [4.69, 9.17) is 11.5 Å². The molecule has 3 nitrogen and oxygen atoms in total. The predicted molar refractivity (Wildman–Crippen MR) is 79.6 cm³/mol. The van der Waals surface area contributed by atoms with E-state index in [9.17, 15) is 18.3 Å². The van der Waals surface area contributed by atoms with Gasteiger partial charge in [-0.05, 0) is 37.0 Å². The van der Waals surface area contributed by atoms with Crippen LogP contribution in [0.3, 0.4) is 0 Å². The molecular weight excluding hydrogens is 328 g/mol. The van der Waals surface area contributed by atoms with Gasteiger partial charge in [0.25, 0.3) is 0 Å². The number of hydrogen-bond acceptors (Lipinski definition) is 3. The zero-order valence-electron chi connectivity index (χ0n) is 11.1. The molecule has 0 radical (unpaired) electrons. The molecule has 2 rings (SSSR count). The second kappa shape index (κ2) is 7.15. The van der Waals surface area contributed by atoms with Crippen LogP contribution in [0.25, 0.3) is 0 Å². The van der Waals surface area contributed by atoms with Gasteiger partial charge in [-0.15, -0.1) is 24.8 Å². The van der Waals surface area contributed by atoms with Crippen LogP contribution in [0, 0.1) is 0 Å². The molecule has 1 aliphatic rings. The van der Waals surface area contributed by atoms with Crippen LogP contribution >= 0.6 is 24.8 Å². The lowest BCUT2D eigenvalue weighted by atomic mass is 9.75. The lowest BCUT2D eigenvalue weighted by molar-refractivity contribution is -0.137. The number of alkyl halides is 3. The Hall–Kier alpha value is -0.530. The molecule has 1 aromatic rings. The van der Waals surface area contributed by atoms with E-state index in [0.717, 1.165) is 12.1 Å². The van der Waals surface area contributed by atoms with E-state index in [1.807, 2.05) is 0 Å². The minimum atomic E-state index is -4.42. The maximum atomic E-state index is 12.7. The van der Waals surface area contributed by atoms with Gasteiger partial charge in [0.2, 0.25) is 0 Å². The second-order valence-electron chi connectivity index (χ2n) is 5.18. The first-order valence-corrected chi connectivity index (χ1v) is 6.14. The zero-order valence-corrected chi connectivity index (χ0v) is 12.8. The van der Waals surface area contributed by atoms with Crippen LogP contribution in [0.4, 0.5) is 13.2 Å². The van der Waals surface area contributed by atoms with Gasteiger partial charge in [0.05, 0.1) is 11.2 Å². The van der Waals surface area contributed by atoms with E-state index >= 15 is 0 Å². The van der Waals surface area contributed by atoms with Crippen LogP contribution < -0.4 is 11.5 Å². The van der Waals surface area contributed by atoms with Crippen LogP contribution in [0.15, 0.2) is 24.3 Å². The van der Waals surface area contributed by atoms with Crippen molar-refractivity contribution in [3.05, 3.63) is 35.4 Å². The molecule has 0 heterocycles. The van der Waals surface area contributed by atoms with Gasteiger partial charge in [-0.25, -0.2) is 0 Å². The molecule has 122 valence electrons. The van der Waals surface area contributed by atoms with Crippen molar-refractivity contribution in [2.24, 2.45) is 11.5 Å². The Balaban J connectivity index is 0.00000200. The summed E-state index contributed by atoms with van der Waals surface area (Å²) in [5.41, 5.74) is 9.74. The quantitative estimate of drug-likeness (QED) is 0.731. The summed E-state index contributed by atoms with van der Waals surface area (Å²) >= 11 is 0. The summed E-state index contributed by atoms with van der Waals surface area (Å²) in [6.07, 6.45) is -3.42. The lowest BCUT2D eigenvalue weighted by Crippen LogP contribution is -2.51. The van der Waals surface area contributed by atoms with E-state index < -0.39 is 23.4 Å². The minimum Gasteiger partial charge on any atom is -0.385 e. The Bertz CT molecular complexity index is 473. The first-order chi connectivity index (χ1) is 8.72. The Labute approximate surface area is 133 Å². The number of rotatable bonds is 1. The average Bonchev–Trinajstić information content (AvgIpc) is 2.34. The van der Waals surface area contributed by atoms with Crippen molar-refractivity contribution in [3.8, 4) is 0 Å². The molecule has 1 fully saturated rings. The maximum absolute atomic E-state index is 12.7. The van der Waals surface area contributed by atoms with E-state index in [2.05, 4.69) is 0 Å². The van der Waals surface area contributed by atoms with Crippen LogP contribution in [0.5, 0.6) is 0 Å². The Kier molecular flexibility index (Phi) is 6.97. The van der Waals surface area contributed by atoms with Gasteiger partial charge in [0, 0.05) is 12.1 Å². The predicted octanol–water partition coefficient (Wildman–Crippen LogP) is 2.58. The summed E-state index contributed by atoms with van der Waals surface area (Å²) in [5.74, 6) is 0. The van der Waals surface area contributed by atoms with E-state index in [0.29, 0.717) is 12.8 Å². The minimum absolute atomic E-state index is 0.